The van der Waals surface area contributed by atoms with E-state index in [9.17, 15) is 19.5 Å². The van der Waals surface area contributed by atoms with E-state index in [2.05, 4.69) is 15.7 Å². The number of thiazole rings is 1. The standard InChI is InChI=1S/C21H22N6O4S3/c1-3-13(14-10-34-21(22)24-14)17(28)25-15-18(29)27-16(20(30)31)11(9-33-19(15)27)8-32-12-4-6-26(23-2)7-5-12/h3-7,10,15,19,23H,8-9H2,1-2H3,(H3-,22,24,25,28,30,31)/p+1/b13-3-/t15-,19-/m1/s1. The number of nitrogens with two attached hydrogens (primary N) is 1. The highest BCUT2D eigenvalue weighted by molar-refractivity contribution is 8.01. The average molecular weight is 520 g/mol. The summed E-state index contributed by atoms with van der Waals surface area (Å²) >= 11 is 4.17. The van der Waals surface area contributed by atoms with Gasteiger partial charge in [0.1, 0.15) is 17.1 Å². The fraction of sp³-hybridized carbons (Fsp3) is 0.286. The molecule has 2 aliphatic heterocycles. The van der Waals surface area contributed by atoms with Crippen molar-refractivity contribution < 1.29 is 24.2 Å². The third-order valence-electron chi connectivity index (χ3n) is 5.34. The number of carboxylic acids is 1. The molecule has 0 aliphatic carbocycles. The Hall–Kier alpha value is -3.03. The van der Waals surface area contributed by atoms with Crippen molar-refractivity contribution >= 4 is 63.3 Å². The molecule has 2 atom stereocenters. The van der Waals surface area contributed by atoms with Gasteiger partial charge in [-0.2, -0.15) is 5.43 Å². The molecule has 13 heteroatoms. The SMILES string of the molecule is C/C=C(\C(=O)N[C@@H]1C(=O)N2C(C(=O)O)=C(CSc3cc[n+](NC)cc3)CS[C@H]12)c1csc(N)n1. The van der Waals surface area contributed by atoms with E-state index in [0.29, 0.717) is 33.5 Å². The van der Waals surface area contributed by atoms with Crippen molar-refractivity contribution in [3.05, 3.63) is 52.9 Å². The summed E-state index contributed by atoms with van der Waals surface area (Å²) in [5.74, 6) is -1.13. The summed E-state index contributed by atoms with van der Waals surface area (Å²) in [6, 6.07) is 3.05. The number of aromatic nitrogens is 2. The van der Waals surface area contributed by atoms with E-state index in [0.717, 1.165) is 4.90 Å². The lowest BCUT2D eigenvalue weighted by atomic mass is 10.0. The number of nitrogen functional groups attached to an aromatic ring is 1. The molecule has 10 nitrogen and oxygen atoms in total. The summed E-state index contributed by atoms with van der Waals surface area (Å²) < 4.78 is 1.79. The molecule has 1 saturated heterocycles. The lowest BCUT2D eigenvalue weighted by Gasteiger charge is -2.49. The van der Waals surface area contributed by atoms with Crippen LogP contribution < -0.4 is 21.2 Å². The number of amides is 2. The van der Waals surface area contributed by atoms with Crippen molar-refractivity contribution in [1.29, 1.82) is 0 Å². The Kier molecular flexibility index (Phi) is 7.14. The minimum absolute atomic E-state index is 0.00602. The van der Waals surface area contributed by atoms with E-state index in [4.69, 9.17) is 5.73 Å². The van der Waals surface area contributed by atoms with E-state index in [1.54, 1.807) is 30.1 Å². The van der Waals surface area contributed by atoms with Gasteiger partial charge in [-0.25, -0.2) is 9.78 Å². The molecular formula is C21H23N6O4S3+. The number of allylic oxidation sites excluding steroid dienone is 1. The van der Waals surface area contributed by atoms with E-state index >= 15 is 0 Å². The predicted octanol–water partition coefficient (Wildman–Crippen LogP) is 1.12. The Morgan fingerprint density at radius 1 is 1.41 bits per heavy atom. The number of fused-ring (bicyclic) bond motifs is 1. The van der Waals surface area contributed by atoms with Crippen LogP contribution in [0.2, 0.25) is 0 Å². The maximum absolute atomic E-state index is 12.9. The van der Waals surface area contributed by atoms with Gasteiger partial charge in [-0.05, 0) is 12.5 Å². The van der Waals surface area contributed by atoms with E-state index in [1.165, 1.54) is 39.8 Å². The van der Waals surface area contributed by atoms with E-state index in [-0.39, 0.29) is 5.70 Å². The van der Waals surface area contributed by atoms with Crippen molar-refractivity contribution in [3.8, 4) is 0 Å². The summed E-state index contributed by atoms with van der Waals surface area (Å²) in [4.78, 5) is 44.2. The molecule has 34 heavy (non-hydrogen) atoms. The minimum Gasteiger partial charge on any atom is -0.477 e. The normalized spacial score (nSPS) is 20.0. The van der Waals surface area contributed by atoms with Crippen LogP contribution in [0.5, 0.6) is 0 Å². The van der Waals surface area contributed by atoms with Gasteiger partial charge in [0.25, 0.3) is 11.8 Å². The first kappa shape index (κ1) is 24.1. The van der Waals surface area contributed by atoms with E-state index < -0.39 is 29.2 Å². The van der Waals surface area contributed by atoms with Gasteiger partial charge in [0.05, 0.1) is 18.3 Å². The lowest BCUT2D eigenvalue weighted by Crippen LogP contribution is -2.70. The summed E-state index contributed by atoms with van der Waals surface area (Å²) in [6.07, 6.45) is 5.34. The molecule has 2 aliphatic rings. The molecule has 2 amide bonds. The first-order valence-electron chi connectivity index (χ1n) is 10.2. The van der Waals surface area contributed by atoms with Crippen LogP contribution in [0.15, 0.2) is 52.1 Å². The number of carboxylic acid groups (broad SMARTS) is 1. The third-order valence-corrected chi connectivity index (χ3v) is 8.45. The summed E-state index contributed by atoms with van der Waals surface area (Å²) in [5.41, 5.74) is 10.1. The Morgan fingerprint density at radius 3 is 2.74 bits per heavy atom. The zero-order chi connectivity index (χ0) is 24.4. The second kappa shape index (κ2) is 10.1. The Bertz CT molecular complexity index is 1190. The average Bonchev–Trinajstić information content (AvgIpc) is 3.26. The highest BCUT2D eigenvalue weighted by atomic mass is 32.2. The van der Waals surface area contributed by atoms with Gasteiger partial charge in [0.15, 0.2) is 5.13 Å². The second-order valence-corrected chi connectivity index (χ2v) is 10.4. The first-order chi connectivity index (χ1) is 16.3. The number of nitrogens with one attached hydrogen (secondary N) is 2. The van der Waals surface area contributed by atoms with Crippen LogP contribution in [0, 0.1) is 0 Å². The fourth-order valence-electron chi connectivity index (χ4n) is 3.65. The zero-order valence-corrected chi connectivity index (χ0v) is 20.8. The highest BCUT2D eigenvalue weighted by Crippen LogP contribution is 2.41. The molecule has 0 radical (unpaired) electrons. The maximum Gasteiger partial charge on any atom is 0.352 e. The largest absolute Gasteiger partial charge is 0.477 e. The van der Waals surface area contributed by atoms with Crippen molar-refractivity contribution in [2.24, 2.45) is 0 Å². The molecule has 0 saturated carbocycles. The number of hydrogen-bond acceptors (Lipinski definition) is 9. The Labute approximate surface area is 208 Å². The summed E-state index contributed by atoms with van der Waals surface area (Å²) in [5, 5.41) is 14.2. The lowest BCUT2D eigenvalue weighted by molar-refractivity contribution is -0.647. The van der Waals surface area contributed by atoms with Crippen LogP contribution in [-0.4, -0.2) is 62.7 Å². The van der Waals surface area contributed by atoms with Crippen molar-refractivity contribution in [2.45, 2.75) is 23.2 Å². The third kappa shape index (κ3) is 4.63. The Morgan fingerprint density at radius 2 is 2.15 bits per heavy atom. The first-order valence-corrected chi connectivity index (χ1v) is 13.2. The van der Waals surface area contributed by atoms with E-state index in [1.807, 2.05) is 24.5 Å². The van der Waals surface area contributed by atoms with Crippen molar-refractivity contribution in [2.75, 3.05) is 29.7 Å². The number of carbonyl (C=O) groups excluding carboxylic acids is 2. The molecule has 2 aromatic heterocycles. The number of rotatable bonds is 8. The molecule has 2 aromatic rings. The molecule has 0 spiro atoms. The van der Waals surface area contributed by atoms with Crippen molar-refractivity contribution in [1.82, 2.24) is 15.2 Å². The van der Waals surface area contributed by atoms with Crippen LogP contribution in [0.3, 0.4) is 0 Å². The summed E-state index contributed by atoms with van der Waals surface area (Å²) in [7, 11) is 1.81. The van der Waals surface area contributed by atoms with Crippen molar-refractivity contribution in [3.63, 3.8) is 0 Å². The predicted molar refractivity (Wildman–Crippen MR) is 133 cm³/mol. The number of pyridine rings is 1. The Balaban J connectivity index is 1.46. The molecular weight excluding hydrogens is 496 g/mol. The molecule has 1 fully saturated rings. The van der Waals surface area contributed by atoms with Crippen LogP contribution in [0.25, 0.3) is 5.57 Å². The molecule has 178 valence electrons. The summed E-state index contributed by atoms with van der Waals surface area (Å²) in [6.45, 7) is 1.70. The van der Waals surface area contributed by atoms with Crippen LogP contribution in [-0.2, 0) is 14.4 Å². The molecule has 0 bridgehead atoms. The number of aliphatic carboxylic acids is 1. The molecule has 4 rings (SSSR count). The topological polar surface area (TPSA) is 142 Å². The fourth-order valence-corrected chi connectivity index (χ4v) is 6.58. The number of nitrogens with zero attached hydrogens (tertiary/aromatic N) is 3. The smallest absolute Gasteiger partial charge is 0.352 e. The van der Waals surface area contributed by atoms with Gasteiger partial charge in [0.2, 0.25) is 12.4 Å². The van der Waals surface area contributed by atoms with Gasteiger partial charge in [-0.1, -0.05) is 10.8 Å². The van der Waals surface area contributed by atoms with Gasteiger partial charge < -0.3 is 16.2 Å². The minimum atomic E-state index is -1.15. The van der Waals surface area contributed by atoms with Crippen LogP contribution in [0.1, 0.15) is 12.6 Å². The number of thioether (sulfide) groups is 2. The number of β-lactam (4-membered cyclic amide) rings is 1. The highest BCUT2D eigenvalue weighted by Gasteiger charge is 2.54. The second-order valence-electron chi connectivity index (χ2n) is 7.34. The molecule has 4 heterocycles. The molecule has 0 unspecified atom stereocenters. The molecule has 0 aromatic carbocycles. The van der Waals surface area contributed by atoms with Gasteiger partial charge >= 0.3 is 5.97 Å². The van der Waals surface area contributed by atoms with Gasteiger partial charge in [-0.3, -0.25) is 14.5 Å². The zero-order valence-electron chi connectivity index (χ0n) is 18.3. The number of hydrogen-bond donors (Lipinski definition) is 4. The monoisotopic (exact) mass is 519 g/mol. The van der Waals surface area contributed by atoms with Gasteiger partial charge in [0, 0.05) is 33.9 Å². The quantitative estimate of drug-likeness (QED) is 0.175. The van der Waals surface area contributed by atoms with Gasteiger partial charge in [-0.15, -0.1) is 34.9 Å². The number of anilines is 1. The van der Waals surface area contributed by atoms with Crippen LogP contribution in [0.4, 0.5) is 5.13 Å². The number of carbonyl (C=O) groups is 3. The van der Waals surface area contributed by atoms with Crippen LogP contribution >= 0.6 is 34.9 Å². The maximum atomic E-state index is 12.9. The molecule has 5 N–H and O–H groups in total.